The van der Waals surface area contributed by atoms with Gasteiger partial charge in [0.15, 0.2) is 5.82 Å². The molecule has 0 radical (unpaired) electrons. The van der Waals surface area contributed by atoms with Crippen LogP contribution in [0, 0.1) is 5.82 Å². The number of fused-ring (bicyclic) bond motifs is 1. The van der Waals surface area contributed by atoms with Crippen LogP contribution in [-0.2, 0) is 7.05 Å². The van der Waals surface area contributed by atoms with E-state index in [0.29, 0.717) is 17.1 Å². The van der Waals surface area contributed by atoms with Crippen LogP contribution < -0.4 is 16.0 Å². The SMILES string of the molecule is Cn1cc(F)c2c(Oc3ccc(N=CNN)cc3)ncnc21. The number of ether oxygens (including phenoxy) is 1. The monoisotopic (exact) mass is 300 g/mol. The van der Waals surface area contributed by atoms with Gasteiger partial charge in [0.2, 0.25) is 5.88 Å². The fourth-order valence-electron chi connectivity index (χ4n) is 2.03. The molecular formula is C14H13FN6O. The number of nitrogens with zero attached hydrogens (tertiary/aromatic N) is 4. The summed E-state index contributed by atoms with van der Waals surface area (Å²) in [5.74, 6) is 5.36. The number of aryl methyl sites for hydroxylation is 1. The van der Waals surface area contributed by atoms with E-state index >= 15 is 0 Å². The van der Waals surface area contributed by atoms with Gasteiger partial charge >= 0.3 is 0 Å². The molecule has 0 fully saturated rings. The molecule has 1 aromatic carbocycles. The summed E-state index contributed by atoms with van der Waals surface area (Å²) in [5, 5.41) is 0.249. The van der Waals surface area contributed by atoms with E-state index in [-0.39, 0.29) is 11.3 Å². The van der Waals surface area contributed by atoms with Crippen molar-refractivity contribution >= 4 is 23.1 Å². The van der Waals surface area contributed by atoms with Crippen molar-refractivity contribution in [3.63, 3.8) is 0 Å². The van der Waals surface area contributed by atoms with E-state index in [1.165, 1.54) is 18.9 Å². The van der Waals surface area contributed by atoms with Gasteiger partial charge in [0.25, 0.3) is 0 Å². The van der Waals surface area contributed by atoms with Crippen LogP contribution in [0.25, 0.3) is 11.0 Å². The van der Waals surface area contributed by atoms with Crippen molar-refractivity contribution in [3.8, 4) is 11.6 Å². The molecule has 0 aliphatic rings. The van der Waals surface area contributed by atoms with E-state index in [0.717, 1.165) is 0 Å². The first-order chi connectivity index (χ1) is 10.7. The van der Waals surface area contributed by atoms with Gasteiger partial charge in [-0.25, -0.2) is 25.2 Å². The van der Waals surface area contributed by atoms with Crippen LogP contribution in [0.2, 0.25) is 0 Å². The Hall–Kier alpha value is -3.00. The van der Waals surface area contributed by atoms with Crippen LogP contribution in [-0.4, -0.2) is 20.9 Å². The lowest BCUT2D eigenvalue weighted by Crippen LogP contribution is -2.18. The largest absolute Gasteiger partial charge is 0.438 e. The third-order valence-corrected chi connectivity index (χ3v) is 3.01. The molecule has 0 atom stereocenters. The van der Waals surface area contributed by atoms with E-state index in [2.05, 4.69) is 20.4 Å². The van der Waals surface area contributed by atoms with Gasteiger partial charge < -0.3 is 14.7 Å². The molecule has 0 bridgehead atoms. The molecule has 7 nitrogen and oxygen atoms in total. The van der Waals surface area contributed by atoms with E-state index in [1.807, 2.05) is 0 Å². The fraction of sp³-hybridized carbons (Fsp3) is 0.0714. The molecule has 3 aromatic rings. The van der Waals surface area contributed by atoms with E-state index < -0.39 is 5.82 Å². The number of hydrogen-bond acceptors (Lipinski definition) is 5. The quantitative estimate of drug-likeness (QED) is 0.333. The minimum absolute atomic E-state index is 0.169. The zero-order valence-corrected chi connectivity index (χ0v) is 11.7. The van der Waals surface area contributed by atoms with E-state index in [4.69, 9.17) is 10.6 Å². The summed E-state index contributed by atoms with van der Waals surface area (Å²) >= 11 is 0. The summed E-state index contributed by atoms with van der Waals surface area (Å²) < 4.78 is 21.2. The summed E-state index contributed by atoms with van der Waals surface area (Å²) in [5.41, 5.74) is 3.48. The Morgan fingerprint density at radius 1 is 1.32 bits per heavy atom. The molecule has 22 heavy (non-hydrogen) atoms. The topological polar surface area (TPSA) is 90.3 Å². The van der Waals surface area contributed by atoms with Gasteiger partial charge in [-0.05, 0) is 24.3 Å². The number of nitrogens with two attached hydrogens (primary N) is 1. The van der Waals surface area contributed by atoms with Crippen LogP contribution in [0.1, 0.15) is 0 Å². The zero-order valence-electron chi connectivity index (χ0n) is 11.7. The Labute approximate surface area is 125 Å². The summed E-state index contributed by atoms with van der Waals surface area (Å²) in [6, 6.07) is 6.89. The molecule has 2 aromatic heterocycles. The average Bonchev–Trinajstić information content (AvgIpc) is 2.82. The predicted molar refractivity (Wildman–Crippen MR) is 80.5 cm³/mol. The van der Waals surface area contributed by atoms with Crippen molar-refractivity contribution in [1.82, 2.24) is 20.0 Å². The second kappa shape index (κ2) is 5.78. The molecule has 3 N–H and O–H groups in total. The number of aliphatic imine (C=N–C) groups is 1. The molecule has 0 unspecified atom stereocenters. The maximum Gasteiger partial charge on any atom is 0.234 e. The Morgan fingerprint density at radius 2 is 2.09 bits per heavy atom. The first kappa shape index (κ1) is 14.0. The summed E-state index contributed by atoms with van der Waals surface area (Å²) in [6.45, 7) is 0. The smallest absolute Gasteiger partial charge is 0.234 e. The second-order valence-corrected chi connectivity index (χ2v) is 4.49. The molecule has 0 amide bonds. The van der Waals surface area contributed by atoms with Crippen molar-refractivity contribution in [3.05, 3.63) is 42.6 Å². The molecule has 8 heteroatoms. The average molecular weight is 300 g/mol. The lowest BCUT2D eigenvalue weighted by Gasteiger charge is -2.06. The van der Waals surface area contributed by atoms with Crippen LogP contribution in [0.15, 0.2) is 41.8 Å². The zero-order chi connectivity index (χ0) is 15.5. The lowest BCUT2D eigenvalue weighted by atomic mass is 10.3. The normalized spacial score (nSPS) is 11.2. The first-order valence-electron chi connectivity index (χ1n) is 6.41. The van der Waals surface area contributed by atoms with Crippen LogP contribution in [0.5, 0.6) is 11.6 Å². The molecule has 112 valence electrons. The van der Waals surface area contributed by atoms with Gasteiger partial charge in [-0.1, -0.05) is 0 Å². The molecule has 3 rings (SSSR count). The van der Waals surface area contributed by atoms with E-state index in [9.17, 15) is 4.39 Å². The van der Waals surface area contributed by atoms with Crippen LogP contribution in [0.4, 0.5) is 10.1 Å². The Bertz CT molecular complexity index is 827. The standard InChI is InChI=1S/C14H13FN6O/c1-21-6-11(15)12-13(21)18-7-19-14(12)22-10-4-2-9(3-5-10)17-8-20-16/h2-8H,16H2,1H3,(H,17,20). The van der Waals surface area contributed by atoms with Gasteiger partial charge in [-0.3, -0.25) is 0 Å². The fourth-order valence-corrected chi connectivity index (χ4v) is 2.03. The highest BCUT2D eigenvalue weighted by Gasteiger charge is 2.15. The summed E-state index contributed by atoms with van der Waals surface area (Å²) in [7, 11) is 1.71. The summed E-state index contributed by atoms with van der Waals surface area (Å²) in [6.07, 6.45) is 4.04. The number of rotatable bonds is 4. The van der Waals surface area contributed by atoms with Crippen LogP contribution >= 0.6 is 0 Å². The molecular weight excluding hydrogens is 287 g/mol. The number of aromatic nitrogens is 3. The van der Waals surface area contributed by atoms with Gasteiger partial charge in [0.05, 0.1) is 5.69 Å². The highest BCUT2D eigenvalue weighted by molar-refractivity contribution is 5.82. The second-order valence-electron chi connectivity index (χ2n) is 4.49. The van der Waals surface area contributed by atoms with Gasteiger partial charge in [-0.2, -0.15) is 0 Å². The van der Waals surface area contributed by atoms with Crippen molar-refractivity contribution in [2.24, 2.45) is 17.9 Å². The molecule has 0 saturated carbocycles. The van der Waals surface area contributed by atoms with Crippen molar-refractivity contribution in [1.29, 1.82) is 0 Å². The Kier molecular flexibility index (Phi) is 3.67. The Balaban J connectivity index is 1.92. The van der Waals surface area contributed by atoms with Crippen LogP contribution in [0.3, 0.4) is 0 Å². The van der Waals surface area contributed by atoms with E-state index in [1.54, 1.807) is 35.9 Å². The number of hydrogen-bond donors (Lipinski definition) is 2. The maximum atomic E-state index is 14.0. The molecule has 0 aliphatic carbocycles. The van der Waals surface area contributed by atoms with Gasteiger partial charge in [0, 0.05) is 13.2 Å². The Morgan fingerprint density at radius 3 is 2.82 bits per heavy atom. The molecule has 0 spiro atoms. The summed E-state index contributed by atoms with van der Waals surface area (Å²) in [4.78, 5) is 12.1. The highest BCUT2D eigenvalue weighted by atomic mass is 19.1. The number of nitrogens with one attached hydrogen (secondary N) is 1. The molecule has 2 heterocycles. The third kappa shape index (κ3) is 2.59. The first-order valence-corrected chi connectivity index (χ1v) is 6.41. The molecule has 0 aliphatic heterocycles. The number of halogens is 1. The maximum absolute atomic E-state index is 14.0. The number of hydrazine groups is 1. The van der Waals surface area contributed by atoms with Crippen molar-refractivity contribution in [2.45, 2.75) is 0 Å². The minimum atomic E-state index is -0.427. The highest BCUT2D eigenvalue weighted by Crippen LogP contribution is 2.30. The number of benzene rings is 1. The van der Waals surface area contributed by atoms with Gasteiger partial charge in [0.1, 0.15) is 29.4 Å². The molecule has 0 saturated heterocycles. The lowest BCUT2D eigenvalue weighted by molar-refractivity contribution is 0.466. The third-order valence-electron chi connectivity index (χ3n) is 3.01. The van der Waals surface area contributed by atoms with Gasteiger partial charge in [-0.15, -0.1) is 0 Å². The predicted octanol–water partition coefficient (Wildman–Crippen LogP) is 2.02. The van der Waals surface area contributed by atoms with Crippen molar-refractivity contribution in [2.75, 3.05) is 0 Å². The minimum Gasteiger partial charge on any atom is -0.438 e. The van der Waals surface area contributed by atoms with Crippen molar-refractivity contribution < 1.29 is 9.13 Å².